The number of fused-ring (bicyclic) bond motifs is 1. The summed E-state index contributed by atoms with van der Waals surface area (Å²) in [5, 5.41) is 8.88. The molecule has 0 fully saturated rings. The monoisotopic (exact) mass is 264 g/mol. The van der Waals surface area contributed by atoms with E-state index in [9.17, 15) is 0 Å². The van der Waals surface area contributed by atoms with E-state index in [1.165, 1.54) is 5.56 Å². The molecule has 0 atom stereocenters. The van der Waals surface area contributed by atoms with Crippen molar-refractivity contribution in [2.45, 2.75) is 0 Å². The molecule has 1 aromatic rings. The molecule has 0 spiro atoms. The van der Waals surface area contributed by atoms with Gasteiger partial charge in [-0.1, -0.05) is 30.4 Å². The molecule has 1 N–H and O–H groups in total. The van der Waals surface area contributed by atoms with Gasteiger partial charge in [-0.2, -0.15) is 0 Å². The van der Waals surface area contributed by atoms with Gasteiger partial charge in [0.15, 0.2) is 0 Å². The number of β-amino-alcohol motifs (C(OH)–C–C–N with tert-alkyl or cyclic N) is 1. The van der Waals surface area contributed by atoms with Crippen molar-refractivity contribution in [3.05, 3.63) is 72.1 Å². The molecule has 3 nitrogen and oxygen atoms in total. The van der Waals surface area contributed by atoms with Gasteiger partial charge in [-0.3, -0.25) is 4.99 Å². The lowest BCUT2D eigenvalue weighted by Crippen LogP contribution is -2.15. The van der Waals surface area contributed by atoms with E-state index in [1.54, 1.807) is 0 Å². The Kier molecular flexibility index (Phi) is 3.61. The standard InChI is InChI=1S/C17H16N2O/c20-12-11-19-9-7-14(8-10-19)5-6-15-13-18-17-4-2-1-3-16(15)17/h1-10,13,20H,11-12H2/b15-6+. The minimum absolute atomic E-state index is 0.158. The first-order chi connectivity index (χ1) is 9.86. The van der Waals surface area contributed by atoms with Gasteiger partial charge < -0.3 is 10.0 Å². The zero-order valence-corrected chi connectivity index (χ0v) is 11.1. The van der Waals surface area contributed by atoms with Gasteiger partial charge in [0.2, 0.25) is 0 Å². The molecular formula is C17H16N2O. The topological polar surface area (TPSA) is 35.8 Å². The number of allylic oxidation sites excluding steroid dienone is 6. The molecule has 3 rings (SSSR count). The third kappa shape index (κ3) is 2.63. The Labute approximate surface area is 118 Å². The van der Waals surface area contributed by atoms with Crippen LogP contribution in [0.1, 0.15) is 5.56 Å². The summed E-state index contributed by atoms with van der Waals surface area (Å²) in [4.78, 5) is 6.34. The fourth-order valence-corrected chi connectivity index (χ4v) is 2.20. The zero-order chi connectivity index (χ0) is 13.8. The quantitative estimate of drug-likeness (QED) is 0.910. The van der Waals surface area contributed by atoms with Crippen LogP contribution in [0.5, 0.6) is 0 Å². The average molecular weight is 264 g/mol. The van der Waals surface area contributed by atoms with Crippen LogP contribution in [-0.4, -0.2) is 29.4 Å². The summed E-state index contributed by atoms with van der Waals surface area (Å²) in [7, 11) is 0. The molecule has 2 heterocycles. The van der Waals surface area contributed by atoms with Crippen molar-refractivity contribution < 1.29 is 5.11 Å². The van der Waals surface area contributed by atoms with Gasteiger partial charge in [0.05, 0.1) is 12.3 Å². The Bertz CT molecular complexity index is 635. The summed E-state index contributed by atoms with van der Waals surface area (Å²) < 4.78 is 0. The predicted molar refractivity (Wildman–Crippen MR) is 82.7 cm³/mol. The lowest BCUT2D eigenvalue weighted by molar-refractivity contribution is 0.263. The molecule has 3 heteroatoms. The van der Waals surface area contributed by atoms with Crippen LogP contribution < -0.4 is 0 Å². The first-order valence-corrected chi connectivity index (χ1v) is 6.65. The van der Waals surface area contributed by atoms with E-state index in [0.717, 1.165) is 16.8 Å². The Hall–Kier alpha value is -2.39. The van der Waals surface area contributed by atoms with Crippen molar-refractivity contribution in [3.8, 4) is 0 Å². The number of nitrogens with zero attached hydrogens (tertiary/aromatic N) is 2. The summed E-state index contributed by atoms with van der Waals surface area (Å²) >= 11 is 0. The summed E-state index contributed by atoms with van der Waals surface area (Å²) in [6.07, 6.45) is 14.1. The highest BCUT2D eigenvalue weighted by Crippen LogP contribution is 2.30. The summed E-state index contributed by atoms with van der Waals surface area (Å²) in [6, 6.07) is 8.14. The van der Waals surface area contributed by atoms with Gasteiger partial charge in [-0.25, -0.2) is 0 Å². The second-order valence-corrected chi connectivity index (χ2v) is 4.66. The van der Waals surface area contributed by atoms with Gasteiger partial charge in [0, 0.05) is 36.3 Å². The van der Waals surface area contributed by atoms with Gasteiger partial charge in [-0.15, -0.1) is 0 Å². The highest BCUT2D eigenvalue weighted by atomic mass is 16.3. The highest BCUT2D eigenvalue weighted by molar-refractivity contribution is 6.16. The van der Waals surface area contributed by atoms with Crippen molar-refractivity contribution in [2.24, 2.45) is 4.99 Å². The van der Waals surface area contributed by atoms with Crippen LogP contribution in [0.25, 0.3) is 5.57 Å². The van der Waals surface area contributed by atoms with E-state index in [2.05, 4.69) is 23.2 Å². The Morgan fingerprint density at radius 1 is 1.10 bits per heavy atom. The van der Waals surface area contributed by atoms with Crippen LogP contribution in [-0.2, 0) is 0 Å². The predicted octanol–water partition coefficient (Wildman–Crippen LogP) is 3.05. The van der Waals surface area contributed by atoms with Gasteiger partial charge in [-0.05, 0) is 23.8 Å². The van der Waals surface area contributed by atoms with Crippen LogP contribution >= 0.6 is 0 Å². The zero-order valence-electron chi connectivity index (χ0n) is 11.1. The van der Waals surface area contributed by atoms with Crippen LogP contribution in [0.15, 0.2) is 71.5 Å². The number of aliphatic imine (C=N–C) groups is 1. The van der Waals surface area contributed by atoms with E-state index in [4.69, 9.17) is 5.11 Å². The number of hydrogen-bond donors (Lipinski definition) is 1. The summed E-state index contributed by atoms with van der Waals surface area (Å²) in [5.41, 5.74) is 4.47. The van der Waals surface area contributed by atoms with Crippen LogP contribution in [0.2, 0.25) is 0 Å². The number of aliphatic hydroxyl groups is 1. The number of aliphatic hydroxyl groups excluding tert-OH is 1. The van der Waals surface area contributed by atoms with Crippen molar-refractivity contribution in [1.29, 1.82) is 0 Å². The Balaban J connectivity index is 1.76. The molecule has 20 heavy (non-hydrogen) atoms. The summed E-state index contributed by atoms with van der Waals surface area (Å²) in [5.74, 6) is 0. The fourth-order valence-electron chi connectivity index (χ4n) is 2.20. The SMILES string of the molecule is OCCN1C=CC(=C/C=C2\C=Nc3ccccc32)C=C1. The van der Waals surface area contributed by atoms with Gasteiger partial charge >= 0.3 is 0 Å². The molecule has 0 amide bonds. The molecule has 0 bridgehead atoms. The number of benzene rings is 1. The van der Waals surface area contributed by atoms with E-state index < -0.39 is 0 Å². The lowest BCUT2D eigenvalue weighted by atomic mass is 10.1. The Morgan fingerprint density at radius 3 is 2.70 bits per heavy atom. The number of rotatable bonds is 3. The maximum Gasteiger partial charge on any atom is 0.0708 e. The van der Waals surface area contributed by atoms with E-state index in [-0.39, 0.29) is 6.61 Å². The van der Waals surface area contributed by atoms with E-state index in [0.29, 0.717) is 6.54 Å². The first kappa shape index (κ1) is 12.6. The maximum atomic E-state index is 8.88. The third-order valence-electron chi connectivity index (χ3n) is 3.29. The van der Waals surface area contributed by atoms with Crippen molar-refractivity contribution >= 4 is 17.5 Å². The van der Waals surface area contributed by atoms with E-state index >= 15 is 0 Å². The van der Waals surface area contributed by atoms with Crippen LogP contribution in [0.4, 0.5) is 5.69 Å². The molecule has 0 radical (unpaired) electrons. The molecule has 0 aliphatic carbocycles. The van der Waals surface area contributed by atoms with Crippen LogP contribution in [0, 0.1) is 0 Å². The van der Waals surface area contributed by atoms with Crippen LogP contribution in [0.3, 0.4) is 0 Å². The maximum absolute atomic E-state index is 8.88. The smallest absolute Gasteiger partial charge is 0.0708 e. The molecule has 2 aliphatic rings. The molecule has 0 saturated heterocycles. The lowest BCUT2D eigenvalue weighted by Gasteiger charge is -2.16. The third-order valence-corrected chi connectivity index (χ3v) is 3.29. The molecule has 1 aromatic carbocycles. The van der Waals surface area contributed by atoms with Gasteiger partial charge in [0.25, 0.3) is 0 Å². The molecule has 2 aliphatic heterocycles. The molecule has 100 valence electrons. The van der Waals surface area contributed by atoms with E-state index in [1.807, 2.05) is 53.9 Å². The molecule has 0 saturated carbocycles. The Morgan fingerprint density at radius 2 is 1.90 bits per heavy atom. The molecule has 0 aromatic heterocycles. The fraction of sp³-hybridized carbons (Fsp3) is 0.118. The van der Waals surface area contributed by atoms with Crippen molar-refractivity contribution in [2.75, 3.05) is 13.2 Å². The number of hydrogen-bond acceptors (Lipinski definition) is 3. The largest absolute Gasteiger partial charge is 0.395 e. The number of para-hydroxylation sites is 1. The van der Waals surface area contributed by atoms with Crippen molar-refractivity contribution in [3.63, 3.8) is 0 Å². The summed E-state index contributed by atoms with van der Waals surface area (Å²) in [6.45, 7) is 0.784. The molecular weight excluding hydrogens is 248 g/mol. The van der Waals surface area contributed by atoms with Crippen molar-refractivity contribution in [1.82, 2.24) is 4.90 Å². The minimum atomic E-state index is 0.158. The normalized spacial score (nSPS) is 17.9. The molecule has 0 unspecified atom stereocenters. The second-order valence-electron chi connectivity index (χ2n) is 4.66. The second kappa shape index (κ2) is 5.72. The minimum Gasteiger partial charge on any atom is -0.395 e. The highest BCUT2D eigenvalue weighted by Gasteiger charge is 2.09. The average Bonchev–Trinajstić information content (AvgIpc) is 2.90. The first-order valence-electron chi connectivity index (χ1n) is 6.65. The van der Waals surface area contributed by atoms with Gasteiger partial charge in [0.1, 0.15) is 0 Å².